The number of aliphatic hydroxyl groups excluding tert-OH is 1. The summed E-state index contributed by atoms with van der Waals surface area (Å²) in [6, 6.07) is 12.5. The lowest BCUT2D eigenvalue weighted by Gasteiger charge is -2.13. The van der Waals surface area contributed by atoms with Gasteiger partial charge in [0.15, 0.2) is 0 Å². The second kappa shape index (κ2) is 7.94. The Morgan fingerprint density at radius 2 is 1.89 bits per heavy atom. The molecule has 0 aliphatic rings. The first-order valence-corrected chi connectivity index (χ1v) is 9.29. The van der Waals surface area contributed by atoms with Crippen molar-refractivity contribution in [3.8, 4) is 11.3 Å². The molecule has 0 fully saturated rings. The molecule has 1 heterocycles. The van der Waals surface area contributed by atoms with Crippen LogP contribution < -0.4 is 10.6 Å². The molecule has 2 aromatic carbocycles. The highest BCUT2D eigenvalue weighted by Crippen LogP contribution is 2.32. The normalized spacial score (nSPS) is 11.9. The molecular weight excluding hydrogens is 408 g/mol. The van der Waals surface area contributed by atoms with Gasteiger partial charge in [0.05, 0.1) is 22.5 Å². The number of nitrogens with zero attached hydrogens (tertiary/aromatic N) is 2. The zero-order chi connectivity index (χ0) is 19.6. The predicted molar refractivity (Wildman–Crippen MR) is 111 cm³/mol. The number of benzene rings is 2. The number of rotatable bonds is 4. The number of carbonyl (C=O) groups is 1. The SMILES string of the molecule is Cc1ccc(NC(=O)Nc2cccc(C(C)O)c2)cc1-c1c(Br)cnn1C. The van der Waals surface area contributed by atoms with Crippen LogP contribution in [0.15, 0.2) is 53.1 Å². The summed E-state index contributed by atoms with van der Waals surface area (Å²) in [4.78, 5) is 12.4. The highest BCUT2D eigenvalue weighted by Gasteiger charge is 2.13. The lowest BCUT2D eigenvalue weighted by atomic mass is 10.0. The van der Waals surface area contributed by atoms with Crippen LogP contribution in [0.5, 0.6) is 0 Å². The van der Waals surface area contributed by atoms with Crippen LogP contribution in [-0.4, -0.2) is 20.9 Å². The van der Waals surface area contributed by atoms with Gasteiger partial charge in [0, 0.05) is 24.0 Å². The highest BCUT2D eigenvalue weighted by molar-refractivity contribution is 9.10. The fourth-order valence-corrected chi connectivity index (χ4v) is 3.40. The second-order valence-electron chi connectivity index (χ2n) is 6.37. The van der Waals surface area contributed by atoms with Crippen LogP contribution in [0, 0.1) is 6.92 Å². The summed E-state index contributed by atoms with van der Waals surface area (Å²) >= 11 is 3.52. The van der Waals surface area contributed by atoms with Crippen molar-refractivity contribution in [3.63, 3.8) is 0 Å². The first kappa shape index (κ1) is 19.1. The summed E-state index contributed by atoms with van der Waals surface area (Å²) in [6.07, 6.45) is 1.16. The summed E-state index contributed by atoms with van der Waals surface area (Å²) in [5.74, 6) is 0. The molecular formula is C20H21BrN4O2. The maximum Gasteiger partial charge on any atom is 0.323 e. The van der Waals surface area contributed by atoms with Crippen molar-refractivity contribution in [1.82, 2.24) is 9.78 Å². The lowest BCUT2D eigenvalue weighted by Crippen LogP contribution is -2.19. The smallest absolute Gasteiger partial charge is 0.323 e. The number of halogens is 1. The molecule has 1 unspecified atom stereocenters. The quantitative estimate of drug-likeness (QED) is 0.555. The number of aryl methyl sites for hydroxylation is 2. The summed E-state index contributed by atoms with van der Waals surface area (Å²) in [7, 11) is 1.88. The predicted octanol–water partition coefficient (Wildman–Crippen LogP) is 4.86. The largest absolute Gasteiger partial charge is 0.389 e. The zero-order valence-corrected chi connectivity index (χ0v) is 16.9. The average molecular weight is 429 g/mol. The maximum absolute atomic E-state index is 12.4. The first-order chi connectivity index (χ1) is 12.8. The van der Waals surface area contributed by atoms with Crippen molar-refractivity contribution in [2.24, 2.45) is 7.05 Å². The Labute approximate surface area is 166 Å². The number of amides is 2. The minimum atomic E-state index is -0.591. The van der Waals surface area contributed by atoms with Crippen LogP contribution in [0.4, 0.5) is 16.2 Å². The van der Waals surface area contributed by atoms with Crippen LogP contribution >= 0.6 is 15.9 Å². The molecule has 0 aliphatic carbocycles. The van der Waals surface area contributed by atoms with Crippen molar-refractivity contribution in [2.45, 2.75) is 20.0 Å². The molecule has 3 rings (SSSR count). The van der Waals surface area contributed by atoms with E-state index >= 15 is 0 Å². The van der Waals surface area contributed by atoms with E-state index in [-0.39, 0.29) is 6.03 Å². The van der Waals surface area contributed by atoms with Crippen LogP contribution in [0.1, 0.15) is 24.2 Å². The number of aliphatic hydroxyl groups is 1. The number of hydrogen-bond acceptors (Lipinski definition) is 3. The highest BCUT2D eigenvalue weighted by atomic mass is 79.9. The molecule has 0 bridgehead atoms. The van der Waals surface area contributed by atoms with Crippen molar-refractivity contribution in [1.29, 1.82) is 0 Å². The molecule has 2 amide bonds. The van der Waals surface area contributed by atoms with Gasteiger partial charge in [0.25, 0.3) is 0 Å². The van der Waals surface area contributed by atoms with E-state index in [1.54, 1.807) is 36.0 Å². The monoisotopic (exact) mass is 428 g/mol. The number of hydrogen-bond donors (Lipinski definition) is 3. The maximum atomic E-state index is 12.4. The van der Waals surface area contributed by atoms with E-state index in [9.17, 15) is 9.90 Å². The molecule has 140 valence electrons. The fourth-order valence-electron chi connectivity index (χ4n) is 2.84. The van der Waals surface area contributed by atoms with Gasteiger partial charge in [-0.2, -0.15) is 5.10 Å². The fraction of sp³-hybridized carbons (Fsp3) is 0.200. The number of anilines is 2. The Morgan fingerprint density at radius 1 is 1.19 bits per heavy atom. The minimum absolute atomic E-state index is 0.350. The molecule has 27 heavy (non-hydrogen) atoms. The Hall–Kier alpha value is -2.64. The molecule has 3 aromatic rings. The van der Waals surface area contributed by atoms with Crippen molar-refractivity contribution < 1.29 is 9.90 Å². The summed E-state index contributed by atoms with van der Waals surface area (Å²) in [6.45, 7) is 3.70. The van der Waals surface area contributed by atoms with E-state index in [2.05, 4.69) is 31.7 Å². The van der Waals surface area contributed by atoms with E-state index < -0.39 is 6.10 Å². The Kier molecular flexibility index (Phi) is 5.62. The molecule has 3 N–H and O–H groups in total. The van der Waals surface area contributed by atoms with Gasteiger partial charge in [-0.3, -0.25) is 4.68 Å². The van der Waals surface area contributed by atoms with E-state index in [0.29, 0.717) is 11.4 Å². The third-order valence-corrected chi connectivity index (χ3v) is 4.85. The van der Waals surface area contributed by atoms with Gasteiger partial charge in [-0.15, -0.1) is 0 Å². The Morgan fingerprint density at radius 3 is 2.52 bits per heavy atom. The van der Waals surface area contributed by atoms with Gasteiger partial charge >= 0.3 is 6.03 Å². The molecule has 6 nitrogen and oxygen atoms in total. The zero-order valence-electron chi connectivity index (χ0n) is 15.3. The summed E-state index contributed by atoms with van der Waals surface area (Å²) < 4.78 is 2.68. The molecule has 0 saturated carbocycles. The topological polar surface area (TPSA) is 79.2 Å². The van der Waals surface area contributed by atoms with Crippen LogP contribution in [0.25, 0.3) is 11.3 Å². The second-order valence-corrected chi connectivity index (χ2v) is 7.23. The molecule has 7 heteroatoms. The van der Waals surface area contributed by atoms with Crippen molar-refractivity contribution in [3.05, 3.63) is 64.3 Å². The van der Waals surface area contributed by atoms with E-state index in [0.717, 1.165) is 26.9 Å². The Bertz CT molecular complexity index is 962. The number of aromatic nitrogens is 2. The summed E-state index contributed by atoms with van der Waals surface area (Å²) in [5, 5.41) is 19.6. The molecule has 0 radical (unpaired) electrons. The van der Waals surface area contributed by atoms with E-state index in [1.165, 1.54) is 0 Å². The molecule has 1 aromatic heterocycles. The third-order valence-electron chi connectivity index (χ3n) is 4.27. The van der Waals surface area contributed by atoms with Gasteiger partial charge in [0.2, 0.25) is 0 Å². The van der Waals surface area contributed by atoms with E-state index in [1.807, 2.05) is 38.2 Å². The van der Waals surface area contributed by atoms with Gasteiger partial charge in [-0.1, -0.05) is 18.2 Å². The number of nitrogens with one attached hydrogen (secondary N) is 2. The molecule has 0 spiro atoms. The van der Waals surface area contributed by atoms with Gasteiger partial charge < -0.3 is 15.7 Å². The minimum Gasteiger partial charge on any atom is -0.389 e. The van der Waals surface area contributed by atoms with Crippen LogP contribution in [0.2, 0.25) is 0 Å². The molecule has 1 atom stereocenters. The van der Waals surface area contributed by atoms with Crippen molar-refractivity contribution in [2.75, 3.05) is 10.6 Å². The van der Waals surface area contributed by atoms with Gasteiger partial charge in [0.1, 0.15) is 0 Å². The van der Waals surface area contributed by atoms with Crippen LogP contribution in [-0.2, 0) is 7.05 Å². The average Bonchev–Trinajstić information content (AvgIpc) is 2.95. The third kappa shape index (κ3) is 4.37. The first-order valence-electron chi connectivity index (χ1n) is 8.49. The van der Waals surface area contributed by atoms with Crippen LogP contribution in [0.3, 0.4) is 0 Å². The number of urea groups is 1. The molecule has 0 aliphatic heterocycles. The van der Waals surface area contributed by atoms with Gasteiger partial charge in [-0.25, -0.2) is 4.79 Å². The lowest BCUT2D eigenvalue weighted by molar-refractivity contribution is 0.199. The van der Waals surface area contributed by atoms with Gasteiger partial charge in [-0.05, 0) is 65.2 Å². The summed E-state index contributed by atoms with van der Waals surface area (Å²) in [5.41, 5.74) is 5.04. The van der Waals surface area contributed by atoms with E-state index in [4.69, 9.17) is 0 Å². The van der Waals surface area contributed by atoms with Crippen molar-refractivity contribution >= 4 is 33.3 Å². The standard InChI is InChI=1S/C20H21BrN4O2/c1-12-7-8-16(10-17(12)19-18(21)11-22-25(19)3)24-20(27)23-15-6-4-5-14(9-15)13(2)26/h4-11,13,26H,1-3H3,(H2,23,24,27). The Balaban J connectivity index is 1.79. The molecule has 0 saturated heterocycles. The number of carbonyl (C=O) groups excluding carboxylic acids is 1.